The van der Waals surface area contributed by atoms with E-state index in [1.807, 2.05) is 6.26 Å². The van der Waals surface area contributed by atoms with Gasteiger partial charge in [-0.15, -0.1) is 11.3 Å². The molecule has 0 aromatic carbocycles. The highest BCUT2D eigenvalue weighted by Gasteiger charge is 2.35. The summed E-state index contributed by atoms with van der Waals surface area (Å²) < 4.78 is 7.21. The number of nitrogens with zero attached hydrogens (tertiary/aromatic N) is 3. The highest BCUT2D eigenvalue weighted by Crippen LogP contribution is 2.44. The van der Waals surface area contributed by atoms with Gasteiger partial charge < -0.3 is 15.5 Å². The van der Waals surface area contributed by atoms with Crippen LogP contribution in [-0.4, -0.2) is 21.2 Å². The Labute approximate surface area is 150 Å². The molecule has 0 radical (unpaired) electrons. The molecular formula is C16H11N5O2S2. The van der Waals surface area contributed by atoms with Crippen molar-refractivity contribution in [1.29, 1.82) is 5.26 Å². The first kappa shape index (κ1) is 15.7. The summed E-state index contributed by atoms with van der Waals surface area (Å²) in [6.07, 6.45) is 5.13. The molecule has 0 fully saturated rings. The molecule has 1 aliphatic rings. The minimum absolute atomic E-state index is 0.00261. The van der Waals surface area contributed by atoms with Crippen LogP contribution in [0.3, 0.4) is 0 Å². The summed E-state index contributed by atoms with van der Waals surface area (Å²) in [6.45, 7) is 0. The van der Waals surface area contributed by atoms with Crippen molar-refractivity contribution in [2.75, 3.05) is 6.26 Å². The van der Waals surface area contributed by atoms with Crippen LogP contribution in [0.5, 0.6) is 5.75 Å². The molecule has 0 saturated heterocycles. The number of thiazole rings is 1. The van der Waals surface area contributed by atoms with E-state index >= 15 is 0 Å². The maximum atomic E-state index is 12.8. The predicted octanol–water partition coefficient (Wildman–Crippen LogP) is 2.32. The zero-order chi connectivity index (χ0) is 17.6. The summed E-state index contributed by atoms with van der Waals surface area (Å²) in [7, 11) is 0. The highest BCUT2D eigenvalue weighted by molar-refractivity contribution is 8.00. The number of fused-ring (bicyclic) bond motifs is 3. The molecule has 3 aromatic rings. The van der Waals surface area contributed by atoms with Crippen molar-refractivity contribution in [3.8, 4) is 11.8 Å². The van der Waals surface area contributed by atoms with Crippen LogP contribution in [0.25, 0.3) is 10.3 Å². The smallest absolute Gasteiger partial charge is 0.257 e. The fraction of sp³-hybridized carbons (Fsp3) is 0.125. The van der Waals surface area contributed by atoms with Gasteiger partial charge in [0.15, 0.2) is 15.7 Å². The van der Waals surface area contributed by atoms with Gasteiger partial charge in [-0.05, 0) is 24.0 Å². The zero-order valence-electron chi connectivity index (χ0n) is 12.9. The first-order valence-electron chi connectivity index (χ1n) is 7.22. The molecule has 0 spiro atoms. The van der Waals surface area contributed by atoms with E-state index in [9.17, 15) is 10.1 Å². The molecule has 0 saturated carbocycles. The Morgan fingerprint density at radius 1 is 1.44 bits per heavy atom. The second-order valence-electron chi connectivity index (χ2n) is 5.26. The Morgan fingerprint density at radius 2 is 2.20 bits per heavy atom. The number of nitrogens with one attached hydrogen (secondary N) is 1. The van der Waals surface area contributed by atoms with Gasteiger partial charge in [-0.3, -0.25) is 9.78 Å². The summed E-state index contributed by atoms with van der Waals surface area (Å²) in [6, 6.07) is 5.59. The normalized spacial score (nSPS) is 16.4. The van der Waals surface area contributed by atoms with Gasteiger partial charge in [-0.1, -0.05) is 11.8 Å². The van der Waals surface area contributed by atoms with Gasteiger partial charge in [0, 0.05) is 12.4 Å². The van der Waals surface area contributed by atoms with Gasteiger partial charge in [-0.2, -0.15) is 5.26 Å². The summed E-state index contributed by atoms with van der Waals surface area (Å²) >= 11 is 2.89. The van der Waals surface area contributed by atoms with Crippen LogP contribution < -0.4 is 16.0 Å². The second-order valence-corrected chi connectivity index (χ2v) is 7.32. The molecule has 3 N–H and O–H groups in total. The number of nitriles is 1. The molecule has 1 aliphatic heterocycles. The van der Waals surface area contributed by atoms with Crippen molar-refractivity contribution in [3.05, 3.63) is 57.5 Å². The third-order valence-electron chi connectivity index (χ3n) is 3.92. The van der Waals surface area contributed by atoms with Crippen molar-refractivity contribution in [2.45, 2.75) is 10.3 Å². The van der Waals surface area contributed by atoms with E-state index in [1.165, 1.54) is 23.1 Å². The van der Waals surface area contributed by atoms with E-state index in [0.717, 1.165) is 9.90 Å². The molecule has 0 amide bonds. The molecule has 0 unspecified atom stereocenters. The van der Waals surface area contributed by atoms with Crippen LogP contribution in [-0.2, 0) is 0 Å². The topological polar surface area (TPSA) is 118 Å². The number of allylic oxidation sites excluding steroid dienone is 1. The van der Waals surface area contributed by atoms with Crippen molar-refractivity contribution in [1.82, 2.24) is 15.0 Å². The summed E-state index contributed by atoms with van der Waals surface area (Å²) in [5.41, 5.74) is 7.43. The lowest BCUT2D eigenvalue weighted by Gasteiger charge is -2.25. The van der Waals surface area contributed by atoms with Crippen LogP contribution in [0.4, 0.5) is 0 Å². The number of ether oxygens (including phenoxy) is 1. The number of nitrogens with two attached hydrogens (primary N) is 1. The molecule has 124 valence electrons. The van der Waals surface area contributed by atoms with Crippen LogP contribution in [0.15, 0.2) is 45.1 Å². The Bertz CT molecular complexity index is 1110. The van der Waals surface area contributed by atoms with Gasteiger partial charge in [0.1, 0.15) is 16.3 Å². The van der Waals surface area contributed by atoms with Gasteiger partial charge in [0.2, 0.25) is 5.88 Å². The SMILES string of the molecule is CSc1nc2[nH]c(=O)c3c(c2s1)OC(N)=C(C#N)[C@H]3c1ccncc1. The number of rotatable bonds is 2. The van der Waals surface area contributed by atoms with Crippen molar-refractivity contribution in [2.24, 2.45) is 5.73 Å². The monoisotopic (exact) mass is 369 g/mol. The first-order valence-corrected chi connectivity index (χ1v) is 9.26. The van der Waals surface area contributed by atoms with Crippen LogP contribution in [0.2, 0.25) is 0 Å². The predicted molar refractivity (Wildman–Crippen MR) is 95.6 cm³/mol. The Balaban J connectivity index is 2.07. The van der Waals surface area contributed by atoms with Gasteiger partial charge >= 0.3 is 0 Å². The Kier molecular flexibility index (Phi) is 3.71. The molecule has 4 heterocycles. The highest BCUT2D eigenvalue weighted by atomic mass is 32.2. The maximum Gasteiger partial charge on any atom is 0.257 e. The van der Waals surface area contributed by atoms with E-state index in [2.05, 4.69) is 21.0 Å². The number of H-pyrrole nitrogens is 1. The molecule has 0 bridgehead atoms. The Hall–Kier alpha value is -2.83. The van der Waals surface area contributed by atoms with E-state index in [1.54, 1.807) is 24.5 Å². The van der Waals surface area contributed by atoms with Crippen molar-refractivity contribution < 1.29 is 4.74 Å². The fourth-order valence-electron chi connectivity index (χ4n) is 2.85. The molecule has 0 aliphatic carbocycles. The van der Waals surface area contributed by atoms with Crippen LogP contribution >= 0.6 is 23.1 Å². The molecule has 9 heteroatoms. The third kappa shape index (κ3) is 2.38. The minimum atomic E-state index is -0.607. The largest absolute Gasteiger partial charge is 0.438 e. The third-order valence-corrected chi connectivity index (χ3v) is 5.96. The molecule has 1 atom stereocenters. The lowest BCUT2D eigenvalue weighted by atomic mass is 9.85. The van der Waals surface area contributed by atoms with Crippen molar-refractivity contribution >= 4 is 33.4 Å². The molecule has 4 rings (SSSR count). The van der Waals surface area contributed by atoms with E-state index in [0.29, 0.717) is 21.7 Å². The number of aromatic nitrogens is 3. The Morgan fingerprint density at radius 3 is 2.88 bits per heavy atom. The zero-order valence-corrected chi connectivity index (χ0v) is 14.6. The standard InChI is InChI=1S/C16H11N5O2S2/c1-24-16-21-14-12(25-16)11-10(15(22)20-14)9(7-2-4-19-5-3-7)8(6-17)13(18)23-11/h2-5,9H,18H2,1H3,(H,20,22)/t9-/m1/s1. The lowest BCUT2D eigenvalue weighted by molar-refractivity contribution is 0.397. The number of hydrogen-bond acceptors (Lipinski definition) is 8. The number of pyridine rings is 2. The van der Waals surface area contributed by atoms with Gasteiger partial charge in [-0.25, -0.2) is 4.98 Å². The number of thioether (sulfide) groups is 1. The quantitative estimate of drug-likeness (QED) is 0.666. The summed E-state index contributed by atoms with van der Waals surface area (Å²) in [5, 5.41) is 9.56. The van der Waals surface area contributed by atoms with E-state index in [-0.39, 0.29) is 17.0 Å². The molecular weight excluding hydrogens is 358 g/mol. The second kappa shape index (κ2) is 5.91. The minimum Gasteiger partial charge on any atom is -0.438 e. The van der Waals surface area contributed by atoms with Crippen molar-refractivity contribution in [3.63, 3.8) is 0 Å². The van der Waals surface area contributed by atoms with Gasteiger partial charge in [0.25, 0.3) is 5.56 Å². The molecule has 3 aromatic heterocycles. The average Bonchev–Trinajstić information content (AvgIpc) is 3.04. The fourth-order valence-corrected chi connectivity index (χ4v) is 4.37. The van der Waals surface area contributed by atoms with Crippen LogP contribution in [0.1, 0.15) is 17.0 Å². The van der Waals surface area contributed by atoms with E-state index in [4.69, 9.17) is 10.5 Å². The maximum absolute atomic E-state index is 12.8. The van der Waals surface area contributed by atoms with Crippen LogP contribution in [0, 0.1) is 11.3 Å². The molecule has 7 nitrogen and oxygen atoms in total. The summed E-state index contributed by atoms with van der Waals surface area (Å²) in [4.78, 5) is 23.9. The first-order chi connectivity index (χ1) is 12.1. The number of hydrogen-bond donors (Lipinski definition) is 2. The van der Waals surface area contributed by atoms with E-state index < -0.39 is 5.92 Å². The average molecular weight is 369 g/mol. The lowest BCUT2D eigenvalue weighted by Crippen LogP contribution is -2.27. The number of aromatic amines is 1. The summed E-state index contributed by atoms with van der Waals surface area (Å²) in [5.74, 6) is -0.234. The van der Waals surface area contributed by atoms with Gasteiger partial charge in [0.05, 0.1) is 11.5 Å². The molecule has 25 heavy (non-hydrogen) atoms.